The minimum atomic E-state index is -0.229. The summed E-state index contributed by atoms with van der Waals surface area (Å²) in [7, 11) is 0. The number of benzene rings is 1. The highest BCUT2D eigenvalue weighted by Crippen LogP contribution is 2.12. The van der Waals surface area contributed by atoms with Gasteiger partial charge in [-0.1, -0.05) is 13.8 Å². The van der Waals surface area contributed by atoms with Crippen LogP contribution in [-0.2, 0) is 6.42 Å². The Labute approximate surface area is 125 Å². The van der Waals surface area contributed by atoms with Gasteiger partial charge in [0.15, 0.2) is 0 Å². The Morgan fingerprint density at radius 2 is 2.05 bits per heavy atom. The van der Waals surface area contributed by atoms with Gasteiger partial charge in [-0.2, -0.15) is 0 Å². The quantitative estimate of drug-likeness (QED) is 0.698. The van der Waals surface area contributed by atoms with Gasteiger partial charge in [0, 0.05) is 13.0 Å². The van der Waals surface area contributed by atoms with Crippen molar-refractivity contribution in [1.29, 1.82) is 0 Å². The molecule has 21 heavy (non-hydrogen) atoms. The maximum atomic E-state index is 13.1. The van der Waals surface area contributed by atoms with E-state index in [2.05, 4.69) is 34.0 Å². The molecule has 1 aromatic heterocycles. The van der Waals surface area contributed by atoms with Gasteiger partial charge in [-0.25, -0.2) is 9.37 Å². The lowest BCUT2D eigenvalue weighted by Gasteiger charge is -2.17. The molecular formula is C16H25FN4. The maximum absolute atomic E-state index is 13.1. The number of H-pyrrole nitrogens is 1. The fraction of sp³-hybridized carbons (Fsp3) is 0.562. The number of aromatic nitrogens is 2. The largest absolute Gasteiger partial charge is 0.342 e. The molecule has 0 radical (unpaired) electrons. The lowest BCUT2D eigenvalue weighted by atomic mass is 10.3. The predicted octanol–water partition coefficient (Wildman–Crippen LogP) is 2.57. The lowest BCUT2D eigenvalue weighted by Crippen LogP contribution is -2.27. The molecule has 0 aliphatic rings. The van der Waals surface area contributed by atoms with Crippen molar-refractivity contribution < 1.29 is 4.39 Å². The van der Waals surface area contributed by atoms with Crippen molar-refractivity contribution in [3.8, 4) is 0 Å². The molecule has 0 atom stereocenters. The van der Waals surface area contributed by atoms with Crippen LogP contribution in [0.15, 0.2) is 18.2 Å². The second-order valence-corrected chi connectivity index (χ2v) is 5.23. The highest BCUT2D eigenvalue weighted by Gasteiger charge is 2.03. The molecule has 4 nitrogen and oxygen atoms in total. The van der Waals surface area contributed by atoms with Crippen LogP contribution < -0.4 is 5.32 Å². The number of hydrogen-bond donors (Lipinski definition) is 2. The standard InChI is InChI=1S/C16H25FN4/c1-3-21(4-2)11-5-9-18-10-8-16-19-14-7-6-13(17)12-15(14)20-16/h6-7,12,18H,3-5,8-11H2,1-2H3,(H,19,20). The summed E-state index contributed by atoms with van der Waals surface area (Å²) < 4.78 is 13.1. The second-order valence-electron chi connectivity index (χ2n) is 5.23. The molecule has 2 rings (SSSR count). The first kappa shape index (κ1) is 15.9. The average molecular weight is 292 g/mol. The molecule has 0 unspecified atom stereocenters. The zero-order chi connectivity index (χ0) is 15.1. The van der Waals surface area contributed by atoms with E-state index in [-0.39, 0.29) is 5.82 Å². The van der Waals surface area contributed by atoms with Crippen LogP contribution in [0.3, 0.4) is 0 Å². The van der Waals surface area contributed by atoms with Crippen LogP contribution >= 0.6 is 0 Å². The fourth-order valence-electron chi connectivity index (χ4n) is 2.45. The van der Waals surface area contributed by atoms with E-state index in [0.29, 0.717) is 0 Å². The van der Waals surface area contributed by atoms with E-state index < -0.39 is 0 Å². The Balaban J connectivity index is 1.68. The monoisotopic (exact) mass is 292 g/mol. The van der Waals surface area contributed by atoms with Gasteiger partial charge in [0.1, 0.15) is 11.6 Å². The van der Waals surface area contributed by atoms with Gasteiger partial charge in [-0.15, -0.1) is 0 Å². The molecule has 0 amide bonds. The fourth-order valence-corrected chi connectivity index (χ4v) is 2.45. The van der Waals surface area contributed by atoms with Crippen molar-refractivity contribution in [3.05, 3.63) is 29.8 Å². The number of hydrogen-bond acceptors (Lipinski definition) is 3. The Hall–Kier alpha value is -1.46. The molecule has 0 aliphatic heterocycles. The summed E-state index contributed by atoms with van der Waals surface area (Å²) in [5.41, 5.74) is 1.60. The van der Waals surface area contributed by atoms with Crippen molar-refractivity contribution in [3.63, 3.8) is 0 Å². The smallest absolute Gasteiger partial charge is 0.125 e. The van der Waals surface area contributed by atoms with Gasteiger partial charge >= 0.3 is 0 Å². The average Bonchev–Trinajstić information content (AvgIpc) is 2.88. The number of rotatable bonds is 9. The van der Waals surface area contributed by atoms with E-state index in [9.17, 15) is 4.39 Å². The highest BCUT2D eigenvalue weighted by molar-refractivity contribution is 5.74. The third kappa shape index (κ3) is 4.79. The van der Waals surface area contributed by atoms with Crippen LogP contribution in [0.1, 0.15) is 26.1 Å². The first-order chi connectivity index (χ1) is 10.2. The van der Waals surface area contributed by atoms with Crippen LogP contribution in [0.2, 0.25) is 0 Å². The van der Waals surface area contributed by atoms with E-state index >= 15 is 0 Å². The number of nitrogens with one attached hydrogen (secondary N) is 2. The van der Waals surface area contributed by atoms with Crippen LogP contribution in [0.5, 0.6) is 0 Å². The Kier molecular flexibility index (Phi) is 6.14. The molecule has 0 bridgehead atoms. The summed E-state index contributed by atoms with van der Waals surface area (Å²) in [6, 6.07) is 4.64. The normalized spacial score (nSPS) is 11.6. The molecule has 0 saturated heterocycles. The van der Waals surface area contributed by atoms with Gasteiger partial charge < -0.3 is 15.2 Å². The topological polar surface area (TPSA) is 44.0 Å². The van der Waals surface area contributed by atoms with E-state index in [4.69, 9.17) is 0 Å². The van der Waals surface area contributed by atoms with Crippen molar-refractivity contribution in [2.24, 2.45) is 0 Å². The summed E-state index contributed by atoms with van der Waals surface area (Å²) in [5, 5.41) is 3.43. The molecule has 0 saturated carbocycles. The van der Waals surface area contributed by atoms with E-state index in [1.807, 2.05) is 0 Å². The third-order valence-corrected chi connectivity index (χ3v) is 3.75. The molecule has 2 N–H and O–H groups in total. The maximum Gasteiger partial charge on any atom is 0.125 e. The molecule has 116 valence electrons. The second kappa shape index (κ2) is 8.10. The summed E-state index contributed by atoms with van der Waals surface area (Å²) in [6.45, 7) is 9.68. The van der Waals surface area contributed by atoms with E-state index in [1.54, 1.807) is 6.07 Å². The van der Waals surface area contributed by atoms with Crippen molar-refractivity contribution >= 4 is 11.0 Å². The number of nitrogens with zero attached hydrogens (tertiary/aromatic N) is 2. The van der Waals surface area contributed by atoms with Crippen molar-refractivity contribution in [2.45, 2.75) is 26.7 Å². The van der Waals surface area contributed by atoms with Gasteiger partial charge in [-0.05, 0) is 50.8 Å². The zero-order valence-corrected chi connectivity index (χ0v) is 13.0. The molecule has 0 fully saturated rings. The highest BCUT2D eigenvalue weighted by atomic mass is 19.1. The van der Waals surface area contributed by atoms with E-state index in [1.165, 1.54) is 12.1 Å². The minimum absolute atomic E-state index is 0.229. The van der Waals surface area contributed by atoms with Crippen LogP contribution in [0.4, 0.5) is 4.39 Å². The molecular weight excluding hydrogens is 267 g/mol. The van der Waals surface area contributed by atoms with Gasteiger partial charge in [0.05, 0.1) is 11.0 Å². The number of imidazole rings is 1. The van der Waals surface area contributed by atoms with Crippen molar-refractivity contribution in [1.82, 2.24) is 20.2 Å². The van der Waals surface area contributed by atoms with Gasteiger partial charge in [-0.3, -0.25) is 0 Å². The van der Waals surface area contributed by atoms with Crippen LogP contribution in [0, 0.1) is 5.82 Å². The first-order valence-corrected chi connectivity index (χ1v) is 7.80. The van der Waals surface area contributed by atoms with Crippen LogP contribution in [0.25, 0.3) is 11.0 Å². The Morgan fingerprint density at radius 1 is 1.24 bits per heavy atom. The summed E-state index contributed by atoms with van der Waals surface area (Å²) in [5.74, 6) is 0.680. The van der Waals surface area contributed by atoms with Crippen molar-refractivity contribution in [2.75, 3.05) is 32.7 Å². The predicted molar refractivity (Wildman–Crippen MR) is 85.0 cm³/mol. The first-order valence-electron chi connectivity index (χ1n) is 7.80. The number of fused-ring (bicyclic) bond motifs is 1. The summed E-state index contributed by atoms with van der Waals surface area (Å²) in [4.78, 5) is 10.0. The molecule has 1 aromatic carbocycles. The zero-order valence-electron chi connectivity index (χ0n) is 13.0. The van der Waals surface area contributed by atoms with Gasteiger partial charge in [0.2, 0.25) is 0 Å². The minimum Gasteiger partial charge on any atom is -0.342 e. The summed E-state index contributed by atoms with van der Waals surface area (Å²) >= 11 is 0. The molecule has 1 heterocycles. The molecule has 0 spiro atoms. The number of aromatic amines is 1. The number of halogens is 1. The summed E-state index contributed by atoms with van der Waals surface area (Å²) in [6.07, 6.45) is 1.99. The van der Waals surface area contributed by atoms with Crippen LogP contribution in [-0.4, -0.2) is 47.6 Å². The lowest BCUT2D eigenvalue weighted by molar-refractivity contribution is 0.298. The molecule has 2 aromatic rings. The molecule has 0 aliphatic carbocycles. The SMILES string of the molecule is CCN(CC)CCCNCCc1nc2ccc(F)cc2[nH]1. The molecule has 5 heteroatoms. The Morgan fingerprint density at radius 3 is 2.81 bits per heavy atom. The Bertz CT molecular complexity index is 548. The van der Waals surface area contributed by atoms with Gasteiger partial charge in [0.25, 0.3) is 0 Å². The van der Waals surface area contributed by atoms with E-state index in [0.717, 1.165) is 62.4 Å². The third-order valence-electron chi connectivity index (χ3n) is 3.75.